The Morgan fingerprint density at radius 3 is 2.60 bits per heavy atom. The number of hydrogen-bond acceptors (Lipinski definition) is 4. The Bertz CT molecular complexity index is 429. The van der Waals surface area contributed by atoms with E-state index in [2.05, 4.69) is 4.90 Å². The van der Waals surface area contributed by atoms with Gasteiger partial charge in [0.2, 0.25) is 0 Å². The van der Waals surface area contributed by atoms with Gasteiger partial charge in [0, 0.05) is 18.0 Å². The summed E-state index contributed by atoms with van der Waals surface area (Å²) < 4.78 is 5.30. The second kappa shape index (κ2) is 7.67. The van der Waals surface area contributed by atoms with Crippen LogP contribution in [0.25, 0.3) is 0 Å². The number of rotatable bonds is 6. The molecule has 0 spiro atoms. The highest BCUT2D eigenvalue weighted by Gasteiger charge is 2.20. The molecule has 1 aromatic carbocycles. The normalized spacial score (nSPS) is 17.9. The van der Waals surface area contributed by atoms with Crippen LogP contribution < -0.4 is 0 Å². The minimum Gasteiger partial charge on any atom is -0.480 e. The third-order valence-electron chi connectivity index (χ3n) is 3.39. The third-order valence-corrected chi connectivity index (χ3v) is 4.65. The quantitative estimate of drug-likeness (QED) is 0.816. The molecule has 20 heavy (non-hydrogen) atoms. The Hall–Kier alpha value is -1.04. The van der Waals surface area contributed by atoms with E-state index in [1.807, 2.05) is 31.2 Å². The molecule has 1 unspecified atom stereocenters. The zero-order valence-corrected chi connectivity index (χ0v) is 12.6. The van der Waals surface area contributed by atoms with E-state index in [1.54, 1.807) is 0 Å². The van der Waals surface area contributed by atoms with Gasteiger partial charge in [-0.25, -0.2) is 0 Å². The van der Waals surface area contributed by atoms with Crippen LogP contribution in [-0.2, 0) is 9.53 Å². The lowest BCUT2D eigenvalue weighted by Crippen LogP contribution is -2.38. The SMILES string of the molecule is Cc1ccc(SC(CCN2CCOCC2)C(=O)O)cc1. The van der Waals surface area contributed by atoms with Gasteiger partial charge in [-0.1, -0.05) is 17.7 Å². The van der Waals surface area contributed by atoms with Crippen molar-refractivity contribution < 1.29 is 14.6 Å². The second-order valence-corrected chi connectivity index (χ2v) is 6.28. The molecule has 1 N–H and O–H groups in total. The molecule has 1 aromatic rings. The minimum atomic E-state index is -0.733. The highest BCUT2D eigenvalue weighted by Crippen LogP contribution is 2.26. The largest absolute Gasteiger partial charge is 0.480 e. The van der Waals surface area contributed by atoms with Crippen molar-refractivity contribution in [2.45, 2.75) is 23.5 Å². The van der Waals surface area contributed by atoms with E-state index in [0.29, 0.717) is 6.42 Å². The fourth-order valence-electron chi connectivity index (χ4n) is 2.14. The zero-order valence-electron chi connectivity index (χ0n) is 11.7. The van der Waals surface area contributed by atoms with Crippen LogP contribution in [0.5, 0.6) is 0 Å². The molecule has 0 bridgehead atoms. The standard InChI is InChI=1S/C15H21NO3S/c1-12-2-4-13(5-3-12)20-14(15(17)18)6-7-16-8-10-19-11-9-16/h2-5,14H,6-11H2,1H3,(H,17,18). The molecule has 110 valence electrons. The molecular weight excluding hydrogens is 274 g/mol. The lowest BCUT2D eigenvalue weighted by Gasteiger charge is -2.27. The number of nitrogens with zero attached hydrogens (tertiary/aromatic N) is 1. The van der Waals surface area contributed by atoms with E-state index in [4.69, 9.17) is 4.74 Å². The van der Waals surface area contributed by atoms with Crippen molar-refractivity contribution >= 4 is 17.7 Å². The number of benzene rings is 1. The van der Waals surface area contributed by atoms with Crippen molar-refractivity contribution in [3.63, 3.8) is 0 Å². The van der Waals surface area contributed by atoms with Crippen LogP contribution in [0.2, 0.25) is 0 Å². The molecule has 1 aliphatic rings. The van der Waals surface area contributed by atoms with Crippen LogP contribution in [-0.4, -0.2) is 54.1 Å². The van der Waals surface area contributed by atoms with E-state index in [9.17, 15) is 9.90 Å². The molecule has 0 amide bonds. The minimum absolute atomic E-state index is 0.388. The average Bonchev–Trinajstić information content (AvgIpc) is 2.46. The van der Waals surface area contributed by atoms with Crippen molar-refractivity contribution in [2.75, 3.05) is 32.8 Å². The van der Waals surface area contributed by atoms with Crippen molar-refractivity contribution in [3.05, 3.63) is 29.8 Å². The lowest BCUT2D eigenvalue weighted by atomic mass is 10.2. The summed E-state index contributed by atoms with van der Waals surface area (Å²) in [5.41, 5.74) is 1.19. The number of hydrogen-bond donors (Lipinski definition) is 1. The summed E-state index contributed by atoms with van der Waals surface area (Å²) in [7, 11) is 0. The van der Waals surface area contributed by atoms with Gasteiger partial charge in [0.15, 0.2) is 0 Å². The monoisotopic (exact) mass is 295 g/mol. The topological polar surface area (TPSA) is 49.8 Å². The first-order valence-corrected chi connectivity index (χ1v) is 7.79. The fraction of sp³-hybridized carbons (Fsp3) is 0.533. The first-order chi connectivity index (χ1) is 9.65. The third kappa shape index (κ3) is 4.81. The number of carboxylic acid groups (broad SMARTS) is 1. The Balaban J connectivity index is 1.86. The molecule has 1 heterocycles. The summed E-state index contributed by atoms with van der Waals surface area (Å²) in [6, 6.07) is 8.02. The first kappa shape index (κ1) is 15.4. The lowest BCUT2D eigenvalue weighted by molar-refractivity contribution is -0.136. The summed E-state index contributed by atoms with van der Waals surface area (Å²) in [5.74, 6) is -0.733. The average molecular weight is 295 g/mol. The van der Waals surface area contributed by atoms with Crippen LogP contribution >= 0.6 is 11.8 Å². The van der Waals surface area contributed by atoms with E-state index >= 15 is 0 Å². The molecule has 4 nitrogen and oxygen atoms in total. The molecule has 5 heteroatoms. The van der Waals surface area contributed by atoms with E-state index in [-0.39, 0.29) is 5.25 Å². The number of thioether (sulfide) groups is 1. The molecular formula is C15H21NO3S. The maximum atomic E-state index is 11.4. The van der Waals surface area contributed by atoms with Gasteiger partial charge in [-0.15, -0.1) is 11.8 Å². The van der Waals surface area contributed by atoms with Crippen molar-refractivity contribution in [3.8, 4) is 0 Å². The van der Waals surface area contributed by atoms with Gasteiger partial charge in [-0.3, -0.25) is 9.69 Å². The highest BCUT2D eigenvalue weighted by molar-refractivity contribution is 8.00. The zero-order chi connectivity index (χ0) is 14.4. The predicted octanol–water partition coefficient (Wildman–Crippen LogP) is 2.26. The molecule has 1 aliphatic heterocycles. The van der Waals surface area contributed by atoms with E-state index < -0.39 is 5.97 Å². The van der Waals surface area contributed by atoms with Gasteiger partial charge in [0.1, 0.15) is 5.25 Å². The van der Waals surface area contributed by atoms with Gasteiger partial charge in [-0.2, -0.15) is 0 Å². The molecule has 1 atom stereocenters. The summed E-state index contributed by atoms with van der Waals surface area (Å²) in [6.45, 7) is 6.16. The number of aryl methyl sites for hydroxylation is 1. The molecule has 2 rings (SSSR count). The summed E-state index contributed by atoms with van der Waals surface area (Å²) >= 11 is 1.44. The van der Waals surface area contributed by atoms with E-state index in [1.165, 1.54) is 17.3 Å². The second-order valence-electron chi connectivity index (χ2n) is 5.00. The summed E-state index contributed by atoms with van der Waals surface area (Å²) in [6.07, 6.45) is 0.661. The van der Waals surface area contributed by atoms with Gasteiger partial charge in [0.05, 0.1) is 13.2 Å². The summed E-state index contributed by atoms with van der Waals surface area (Å²) in [5, 5.41) is 8.97. The summed E-state index contributed by atoms with van der Waals surface area (Å²) in [4.78, 5) is 14.7. The molecule has 0 aliphatic carbocycles. The number of ether oxygens (including phenoxy) is 1. The van der Waals surface area contributed by atoms with Gasteiger partial charge >= 0.3 is 5.97 Å². The Morgan fingerprint density at radius 1 is 1.35 bits per heavy atom. The number of morpholine rings is 1. The predicted molar refractivity (Wildman–Crippen MR) is 80.3 cm³/mol. The molecule has 0 saturated carbocycles. The Kier molecular flexibility index (Phi) is 5.88. The fourth-order valence-corrected chi connectivity index (χ4v) is 3.08. The number of aliphatic carboxylic acids is 1. The van der Waals surface area contributed by atoms with Gasteiger partial charge < -0.3 is 9.84 Å². The molecule has 0 aromatic heterocycles. The van der Waals surface area contributed by atoms with Crippen LogP contribution in [0.1, 0.15) is 12.0 Å². The highest BCUT2D eigenvalue weighted by atomic mass is 32.2. The Morgan fingerprint density at radius 2 is 2.00 bits per heavy atom. The Labute approximate surface area is 124 Å². The van der Waals surface area contributed by atoms with Crippen LogP contribution in [0.3, 0.4) is 0 Å². The smallest absolute Gasteiger partial charge is 0.317 e. The molecule has 1 saturated heterocycles. The number of carboxylic acids is 1. The number of carbonyl (C=O) groups is 1. The van der Waals surface area contributed by atoms with Gasteiger partial charge in [-0.05, 0) is 32.0 Å². The van der Waals surface area contributed by atoms with Crippen LogP contribution in [0.4, 0.5) is 0 Å². The first-order valence-electron chi connectivity index (χ1n) is 6.91. The van der Waals surface area contributed by atoms with Crippen molar-refractivity contribution in [1.29, 1.82) is 0 Å². The van der Waals surface area contributed by atoms with Crippen molar-refractivity contribution in [1.82, 2.24) is 4.90 Å². The maximum Gasteiger partial charge on any atom is 0.317 e. The molecule has 0 radical (unpaired) electrons. The molecule has 1 fully saturated rings. The van der Waals surface area contributed by atoms with Crippen molar-refractivity contribution in [2.24, 2.45) is 0 Å². The maximum absolute atomic E-state index is 11.4. The van der Waals surface area contributed by atoms with Crippen LogP contribution in [0, 0.1) is 6.92 Å². The van der Waals surface area contributed by atoms with Gasteiger partial charge in [0.25, 0.3) is 0 Å². The van der Waals surface area contributed by atoms with E-state index in [0.717, 1.165) is 37.7 Å². The van der Waals surface area contributed by atoms with Crippen LogP contribution in [0.15, 0.2) is 29.2 Å².